The molecule has 0 saturated heterocycles. The normalized spacial score (nSPS) is 10.8. The second-order valence-corrected chi connectivity index (χ2v) is 5.80. The van der Waals surface area contributed by atoms with Crippen LogP contribution in [0.25, 0.3) is 34.1 Å². The molecule has 0 saturated carbocycles. The van der Waals surface area contributed by atoms with Crippen LogP contribution in [0.15, 0.2) is 65.3 Å². The van der Waals surface area contributed by atoms with Crippen molar-refractivity contribution >= 4 is 0 Å². The molecule has 0 fully saturated rings. The zero-order valence-corrected chi connectivity index (χ0v) is 14.6. The van der Waals surface area contributed by atoms with E-state index in [0.29, 0.717) is 18.3 Å². The highest BCUT2D eigenvalue weighted by molar-refractivity contribution is 5.68. The maximum Gasteiger partial charge on any atom is 0.258 e. The highest BCUT2D eigenvalue weighted by atomic mass is 16.5. The summed E-state index contributed by atoms with van der Waals surface area (Å²) in [4.78, 5) is 4.53. The molecule has 130 valence electrons. The minimum atomic E-state index is 0.481. The fourth-order valence-electron chi connectivity index (χ4n) is 2.79. The van der Waals surface area contributed by atoms with Crippen LogP contribution in [0.4, 0.5) is 0 Å². The van der Waals surface area contributed by atoms with E-state index in [1.807, 2.05) is 73.3 Å². The minimum absolute atomic E-state index is 0.481. The number of aromatic nitrogens is 4. The van der Waals surface area contributed by atoms with Gasteiger partial charge < -0.3 is 9.26 Å². The monoisotopic (exact) mass is 346 g/mol. The Hall–Kier alpha value is -3.41. The van der Waals surface area contributed by atoms with Gasteiger partial charge in [-0.3, -0.25) is 4.68 Å². The molecule has 0 aliphatic rings. The second-order valence-electron chi connectivity index (χ2n) is 5.80. The van der Waals surface area contributed by atoms with Crippen molar-refractivity contribution in [2.24, 2.45) is 7.05 Å². The van der Waals surface area contributed by atoms with Crippen LogP contribution in [0.5, 0.6) is 5.75 Å². The van der Waals surface area contributed by atoms with Crippen molar-refractivity contribution < 1.29 is 9.26 Å². The topological polar surface area (TPSA) is 66.0 Å². The number of benzene rings is 2. The second kappa shape index (κ2) is 6.84. The van der Waals surface area contributed by atoms with Gasteiger partial charge in [0.15, 0.2) is 0 Å². The molecule has 0 spiro atoms. The number of aryl methyl sites for hydroxylation is 1. The molecule has 0 bridgehead atoms. The van der Waals surface area contributed by atoms with Gasteiger partial charge >= 0.3 is 0 Å². The third-order valence-electron chi connectivity index (χ3n) is 4.08. The van der Waals surface area contributed by atoms with Gasteiger partial charge in [-0.05, 0) is 43.3 Å². The predicted molar refractivity (Wildman–Crippen MR) is 98.5 cm³/mol. The Morgan fingerprint density at radius 1 is 1.00 bits per heavy atom. The van der Waals surface area contributed by atoms with E-state index in [4.69, 9.17) is 9.26 Å². The zero-order chi connectivity index (χ0) is 17.9. The van der Waals surface area contributed by atoms with E-state index < -0.39 is 0 Å². The van der Waals surface area contributed by atoms with Crippen molar-refractivity contribution in [3.63, 3.8) is 0 Å². The summed E-state index contributed by atoms with van der Waals surface area (Å²) in [7, 11) is 1.92. The zero-order valence-electron chi connectivity index (χ0n) is 14.6. The van der Waals surface area contributed by atoms with E-state index in [1.54, 1.807) is 6.20 Å². The van der Waals surface area contributed by atoms with Crippen molar-refractivity contribution in [1.82, 2.24) is 19.9 Å². The largest absolute Gasteiger partial charge is 0.494 e. The lowest BCUT2D eigenvalue weighted by Crippen LogP contribution is -1.93. The van der Waals surface area contributed by atoms with Gasteiger partial charge in [0.05, 0.1) is 12.3 Å². The summed E-state index contributed by atoms with van der Waals surface area (Å²) in [6.07, 6.45) is 1.78. The number of hydrogen-bond donors (Lipinski definition) is 0. The summed E-state index contributed by atoms with van der Waals surface area (Å²) in [6.45, 7) is 2.59. The smallest absolute Gasteiger partial charge is 0.258 e. The Bertz CT molecular complexity index is 1020. The van der Waals surface area contributed by atoms with Crippen LogP contribution in [-0.4, -0.2) is 26.5 Å². The summed E-state index contributed by atoms with van der Waals surface area (Å²) >= 11 is 0. The molecule has 0 radical (unpaired) electrons. The molecule has 6 nitrogen and oxygen atoms in total. The van der Waals surface area contributed by atoms with E-state index in [2.05, 4.69) is 15.2 Å². The molecule has 0 aliphatic carbocycles. The van der Waals surface area contributed by atoms with Crippen molar-refractivity contribution in [1.29, 1.82) is 0 Å². The summed E-state index contributed by atoms with van der Waals surface area (Å²) in [6, 6.07) is 17.6. The van der Waals surface area contributed by atoms with Crippen LogP contribution in [0.3, 0.4) is 0 Å². The molecule has 0 amide bonds. The fourth-order valence-corrected chi connectivity index (χ4v) is 2.79. The fraction of sp³-hybridized carbons (Fsp3) is 0.150. The molecule has 4 aromatic rings. The standard InChI is InChI=1S/C20H18N4O2/c1-3-25-17-9-7-14(8-10-17)20-22-19(23-26-20)16-6-4-5-15(13-16)18-11-12-21-24(18)2/h4-13H,3H2,1-2H3. The van der Waals surface area contributed by atoms with Crippen molar-refractivity contribution in [3.8, 4) is 39.8 Å². The average molecular weight is 346 g/mol. The van der Waals surface area contributed by atoms with Gasteiger partial charge in [-0.25, -0.2) is 0 Å². The quantitative estimate of drug-likeness (QED) is 0.542. The van der Waals surface area contributed by atoms with E-state index in [1.165, 1.54) is 0 Å². The highest BCUT2D eigenvalue weighted by Gasteiger charge is 2.12. The maximum atomic E-state index is 5.46. The van der Waals surface area contributed by atoms with Crippen molar-refractivity contribution in [3.05, 3.63) is 60.8 Å². The van der Waals surface area contributed by atoms with Gasteiger partial charge in [-0.15, -0.1) is 0 Å². The average Bonchev–Trinajstić information content (AvgIpc) is 3.32. The molecular weight excluding hydrogens is 328 g/mol. The lowest BCUT2D eigenvalue weighted by atomic mass is 10.1. The molecule has 4 rings (SSSR count). The molecule has 2 heterocycles. The van der Waals surface area contributed by atoms with Gasteiger partial charge in [0.2, 0.25) is 5.82 Å². The first-order valence-corrected chi connectivity index (χ1v) is 8.40. The molecule has 2 aromatic heterocycles. The molecule has 0 unspecified atom stereocenters. The van der Waals surface area contributed by atoms with Gasteiger partial charge in [-0.1, -0.05) is 23.4 Å². The van der Waals surface area contributed by atoms with Crippen molar-refractivity contribution in [2.45, 2.75) is 6.92 Å². The summed E-state index contributed by atoms with van der Waals surface area (Å²) in [5.41, 5.74) is 3.83. The lowest BCUT2D eigenvalue weighted by Gasteiger charge is -2.03. The highest BCUT2D eigenvalue weighted by Crippen LogP contribution is 2.27. The Morgan fingerprint density at radius 2 is 1.81 bits per heavy atom. The first-order chi connectivity index (χ1) is 12.7. The van der Waals surface area contributed by atoms with Crippen LogP contribution < -0.4 is 4.74 Å². The van der Waals surface area contributed by atoms with Crippen LogP contribution in [0.1, 0.15) is 6.92 Å². The van der Waals surface area contributed by atoms with E-state index in [9.17, 15) is 0 Å². The molecule has 26 heavy (non-hydrogen) atoms. The molecule has 2 aromatic carbocycles. The molecular formula is C20H18N4O2. The minimum Gasteiger partial charge on any atom is -0.494 e. The lowest BCUT2D eigenvalue weighted by molar-refractivity contribution is 0.340. The first kappa shape index (κ1) is 16.1. The summed E-state index contributed by atoms with van der Waals surface area (Å²) < 4.78 is 12.7. The molecule has 0 atom stereocenters. The molecule has 6 heteroatoms. The Morgan fingerprint density at radius 3 is 2.54 bits per heavy atom. The SMILES string of the molecule is CCOc1ccc(-c2nc(-c3cccc(-c4ccnn4C)c3)no2)cc1. The summed E-state index contributed by atoms with van der Waals surface area (Å²) in [5, 5.41) is 8.34. The first-order valence-electron chi connectivity index (χ1n) is 8.40. The third kappa shape index (κ3) is 3.09. The van der Waals surface area contributed by atoms with Crippen LogP contribution >= 0.6 is 0 Å². The Labute approximate surface area is 151 Å². The summed E-state index contributed by atoms with van der Waals surface area (Å²) in [5.74, 6) is 1.85. The van der Waals surface area contributed by atoms with Gasteiger partial charge in [0.1, 0.15) is 5.75 Å². The van der Waals surface area contributed by atoms with Gasteiger partial charge in [-0.2, -0.15) is 10.1 Å². The number of rotatable bonds is 5. The number of ether oxygens (including phenoxy) is 1. The van der Waals surface area contributed by atoms with Crippen LogP contribution in [0, 0.1) is 0 Å². The van der Waals surface area contributed by atoms with Crippen LogP contribution in [-0.2, 0) is 7.05 Å². The van der Waals surface area contributed by atoms with Gasteiger partial charge in [0.25, 0.3) is 5.89 Å². The number of nitrogens with zero attached hydrogens (tertiary/aromatic N) is 4. The molecule has 0 N–H and O–H groups in total. The maximum absolute atomic E-state index is 5.46. The Balaban J connectivity index is 1.63. The van der Waals surface area contributed by atoms with Gasteiger partial charge in [0, 0.05) is 29.9 Å². The van der Waals surface area contributed by atoms with Crippen LogP contribution in [0.2, 0.25) is 0 Å². The van der Waals surface area contributed by atoms with Crippen molar-refractivity contribution in [2.75, 3.05) is 6.61 Å². The van der Waals surface area contributed by atoms with E-state index >= 15 is 0 Å². The molecule has 0 aliphatic heterocycles. The third-order valence-corrected chi connectivity index (χ3v) is 4.08. The van der Waals surface area contributed by atoms with E-state index in [-0.39, 0.29) is 0 Å². The predicted octanol–water partition coefficient (Wildman–Crippen LogP) is 4.20. The number of hydrogen-bond acceptors (Lipinski definition) is 5. The van der Waals surface area contributed by atoms with E-state index in [0.717, 1.165) is 28.1 Å². The Kier molecular flexibility index (Phi) is 4.23.